The Morgan fingerprint density at radius 1 is 1.29 bits per heavy atom. The highest BCUT2D eigenvalue weighted by atomic mass is 127. The van der Waals surface area contributed by atoms with E-state index in [9.17, 15) is 9.36 Å². The first-order valence-corrected chi connectivity index (χ1v) is 12.6. The van der Waals surface area contributed by atoms with Crippen LogP contribution in [0.1, 0.15) is 33.9 Å². The van der Waals surface area contributed by atoms with Gasteiger partial charge in [0.15, 0.2) is 29.6 Å². The second-order valence-electron chi connectivity index (χ2n) is 8.22. The number of carbonyl (C=O) groups is 1. The van der Waals surface area contributed by atoms with E-state index in [1.165, 1.54) is 20.5 Å². The Morgan fingerprint density at radius 3 is 2.58 bits per heavy atom. The fraction of sp³-hybridized carbons (Fsp3) is 0.667. The zero-order valence-electron chi connectivity index (χ0n) is 18.2. The maximum absolute atomic E-state index is 12.4. The monoisotopic (exact) mass is 567 g/mol. The van der Waals surface area contributed by atoms with Gasteiger partial charge in [0, 0.05) is 25.6 Å². The zero-order chi connectivity index (χ0) is 23.0. The Morgan fingerprint density at radius 2 is 1.97 bits per heavy atom. The van der Waals surface area contributed by atoms with E-state index < -0.39 is 25.5 Å². The molecular formula is C18H27IN5O6P. The van der Waals surface area contributed by atoms with Crippen LogP contribution in [0, 0.1) is 11.3 Å². The second-order valence-corrected chi connectivity index (χ2v) is 11.9. The number of alkyl halides is 1. The van der Waals surface area contributed by atoms with Crippen molar-refractivity contribution in [2.75, 3.05) is 25.9 Å². The number of fused-ring (bicyclic) bond motifs is 1. The summed E-state index contributed by atoms with van der Waals surface area (Å²) in [6, 6.07) is 0. The molecule has 1 amide bonds. The van der Waals surface area contributed by atoms with Crippen LogP contribution in [0.25, 0.3) is 11.2 Å². The fourth-order valence-electron chi connectivity index (χ4n) is 2.96. The molecule has 0 aliphatic carbocycles. The number of anilines is 1. The summed E-state index contributed by atoms with van der Waals surface area (Å²) in [6.45, 7) is 7.48. The summed E-state index contributed by atoms with van der Waals surface area (Å²) in [5, 5.41) is 2.82. The minimum Gasteiger partial charge on any atom is -0.339 e. The standard InChI is InChI=1S/C18H27IN5O6P/c1-10-11(19)16(29-9-31(26,27-5)28-6)30-15(10)24-8-22-12-13(20-7-21-14(12)24)23-17(25)18(2,3)4/h7-8,10-11,15-16H,9H2,1-6H3,(H,20,21,23,25)/t10?,11-,15+,16-/m0/s1. The van der Waals surface area contributed by atoms with Gasteiger partial charge >= 0.3 is 7.60 Å². The third kappa shape index (κ3) is 5.09. The predicted octanol–water partition coefficient (Wildman–Crippen LogP) is 3.57. The summed E-state index contributed by atoms with van der Waals surface area (Å²) in [4.78, 5) is 25.3. The lowest BCUT2D eigenvalue weighted by Crippen LogP contribution is -2.28. The summed E-state index contributed by atoms with van der Waals surface area (Å²) in [7, 11) is -0.700. The van der Waals surface area contributed by atoms with Crippen LogP contribution in [-0.2, 0) is 27.9 Å². The lowest BCUT2D eigenvalue weighted by atomic mass is 9.96. The molecule has 172 valence electrons. The van der Waals surface area contributed by atoms with Crippen molar-refractivity contribution in [2.24, 2.45) is 11.3 Å². The van der Waals surface area contributed by atoms with Gasteiger partial charge < -0.3 is 23.8 Å². The van der Waals surface area contributed by atoms with E-state index in [1.807, 2.05) is 27.7 Å². The minimum atomic E-state index is -3.32. The summed E-state index contributed by atoms with van der Waals surface area (Å²) in [5.74, 6) is 0.193. The summed E-state index contributed by atoms with van der Waals surface area (Å²) in [5.41, 5.74) is 0.416. The van der Waals surface area contributed by atoms with Crippen molar-refractivity contribution >= 4 is 53.1 Å². The van der Waals surface area contributed by atoms with Crippen molar-refractivity contribution in [3.05, 3.63) is 12.7 Å². The highest BCUT2D eigenvalue weighted by Gasteiger charge is 2.44. The first-order chi connectivity index (χ1) is 14.5. The van der Waals surface area contributed by atoms with Gasteiger partial charge in [0.05, 0.1) is 10.3 Å². The number of imidazole rings is 1. The number of carbonyl (C=O) groups excluding carboxylic acids is 1. The van der Waals surface area contributed by atoms with Gasteiger partial charge in [-0.2, -0.15) is 0 Å². The Kier molecular flexibility index (Phi) is 7.38. The van der Waals surface area contributed by atoms with Crippen LogP contribution in [-0.4, -0.2) is 56.2 Å². The third-order valence-electron chi connectivity index (χ3n) is 4.98. The van der Waals surface area contributed by atoms with Crippen LogP contribution in [0.5, 0.6) is 0 Å². The van der Waals surface area contributed by atoms with Gasteiger partial charge in [-0.05, 0) is 0 Å². The molecule has 2 aromatic heterocycles. The normalized spacial score (nSPS) is 24.6. The first-order valence-electron chi connectivity index (χ1n) is 9.61. The van der Waals surface area contributed by atoms with E-state index >= 15 is 0 Å². The van der Waals surface area contributed by atoms with Crippen molar-refractivity contribution < 1.29 is 27.9 Å². The quantitative estimate of drug-likeness (QED) is 0.304. The van der Waals surface area contributed by atoms with Gasteiger partial charge in [-0.25, -0.2) is 15.0 Å². The molecule has 0 radical (unpaired) electrons. The Balaban J connectivity index is 1.83. The SMILES string of the molecule is COP(=O)(CO[C@H]1O[C@@H](n2cnc3c(NC(=O)C(C)(C)C)ncnc32)C(C)[C@@H]1I)OC. The number of rotatable bonds is 7. The van der Waals surface area contributed by atoms with Crippen LogP contribution < -0.4 is 5.32 Å². The summed E-state index contributed by atoms with van der Waals surface area (Å²) in [6.07, 6.45) is 1.70. The number of hydrogen-bond donors (Lipinski definition) is 1. The molecular weight excluding hydrogens is 540 g/mol. The highest BCUT2D eigenvalue weighted by molar-refractivity contribution is 14.1. The predicted molar refractivity (Wildman–Crippen MR) is 122 cm³/mol. The first kappa shape index (κ1) is 24.5. The average Bonchev–Trinajstić information content (AvgIpc) is 3.28. The van der Waals surface area contributed by atoms with E-state index in [0.717, 1.165) is 0 Å². The fourth-order valence-corrected chi connectivity index (χ4v) is 4.38. The second kappa shape index (κ2) is 9.36. The van der Waals surface area contributed by atoms with Crippen molar-refractivity contribution in [1.82, 2.24) is 19.5 Å². The molecule has 4 atom stereocenters. The van der Waals surface area contributed by atoms with E-state index in [-0.39, 0.29) is 22.1 Å². The number of ether oxygens (including phenoxy) is 2. The number of hydrogen-bond acceptors (Lipinski definition) is 9. The van der Waals surface area contributed by atoms with Crippen LogP contribution >= 0.6 is 30.2 Å². The van der Waals surface area contributed by atoms with Gasteiger partial charge in [-0.3, -0.25) is 13.9 Å². The summed E-state index contributed by atoms with van der Waals surface area (Å²) < 4.78 is 35.7. The molecule has 13 heteroatoms. The Bertz CT molecular complexity index is 987. The van der Waals surface area contributed by atoms with Crippen molar-refractivity contribution in [2.45, 2.75) is 44.1 Å². The molecule has 0 saturated carbocycles. The number of amides is 1. The van der Waals surface area contributed by atoms with E-state index in [0.29, 0.717) is 17.0 Å². The molecule has 2 aromatic rings. The van der Waals surface area contributed by atoms with Crippen molar-refractivity contribution in [1.29, 1.82) is 0 Å². The summed E-state index contributed by atoms with van der Waals surface area (Å²) >= 11 is 2.25. The lowest BCUT2D eigenvalue weighted by molar-refractivity contribution is -0.140. The topological polar surface area (TPSA) is 127 Å². The molecule has 31 heavy (non-hydrogen) atoms. The molecule has 0 aromatic carbocycles. The van der Waals surface area contributed by atoms with Crippen molar-refractivity contribution in [3.8, 4) is 0 Å². The lowest BCUT2D eigenvalue weighted by Gasteiger charge is -2.19. The molecule has 1 saturated heterocycles. The molecule has 3 heterocycles. The molecule has 1 aliphatic rings. The number of nitrogens with zero attached hydrogens (tertiary/aromatic N) is 4. The van der Waals surface area contributed by atoms with Gasteiger partial charge in [0.25, 0.3) is 0 Å². The van der Waals surface area contributed by atoms with Gasteiger partial charge in [0.1, 0.15) is 12.6 Å². The van der Waals surface area contributed by atoms with E-state index in [1.54, 1.807) is 10.9 Å². The van der Waals surface area contributed by atoms with Gasteiger partial charge in [0.2, 0.25) is 5.91 Å². The molecule has 1 fully saturated rings. The average molecular weight is 567 g/mol. The molecule has 0 spiro atoms. The molecule has 1 N–H and O–H groups in total. The highest BCUT2D eigenvalue weighted by Crippen LogP contribution is 2.48. The number of nitrogens with one attached hydrogen (secondary N) is 1. The minimum absolute atomic E-state index is 0.0232. The Hall–Kier alpha value is -1.18. The third-order valence-corrected chi connectivity index (χ3v) is 8.28. The zero-order valence-corrected chi connectivity index (χ0v) is 21.3. The van der Waals surface area contributed by atoms with E-state index in [2.05, 4.69) is 42.9 Å². The maximum atomic E-state index is 12.4. The van der Waals surface area contributed by atoms with Gasteiger partial charge in [-0.1, -0.05) is 50.3 Å². The molecule has 1 aliphatic heterocycles. The molecule has 0 bridgehead atoms. The van der Waals surface area contributed by atoms with E-state index in [4.69, 9.17) is 18.5 Å². The molecule has 1 unspecified atom stereocenters. The van der Waals surface area contributed by atoms with Crippen LogP contribution in [0.3, 0.4) is 0 Å². The van der Waals surface area contributed by atoms with Crippen LogP contribution in [0.2, 0.25) is 0 Å². The van der Waals surface area contributed by atoms with Crippen molar-refractivity contribution in [3.63, 3.8) is 0 Å². The van der Waals surface area contributed by atoms with Gasteiger partial charge in [-0.15, -0.1) is 0 Å². The largest absolute Gasteiger partial charge is 0.355 e. The molecule has 11 nitrogen and oxygen atoms in total. The number of halogens is 1. The smallest absolute Gasteiger partial charge is 0.339 e. The maximum Gasteiger partial charge on any atom is 0.355 e. The molecule has 3 rings (SSSR count). The number of aromatic nitrogens is 4. The Labute approximate surface area is 194 Å². The van der Waals surface area contributed by atoms with Crippen LogP contribution in [0.4, 0.5) is 5.82 Å². The van der Waals surface area contributed by atoms with Crippen LogP contribution in [0.15, 0.2) is 12.7 Å².